The van der Waals surface area contributed by atoms with E-state index in [1.165, 1.54) is 95.5 Å². The molecule has 1 aromatic heterocycles. The van der Waals surface area contributed by atoms with Crippen LogP contribution in [0.25, 0.3) is 0 Å². The Kier molecular flexibility index (Phi) is 14.3. The quantitative estimate of drug-likeness (QED) is 0.112. The Labute approximate surface area is 209 Å². The fourth-order valence-electron chi connectivity index (χ4n) is 4.12. The summed E-state index contributed by atoms with van der Waals surface area (Å²) in [4.78, 5) is 19.3. The van der Waals surface area contributed by atoms with Crippen LogP contribution in [0.2, 0.25) is 0 Å². The molecule has 1 aromatic carbocycles. The number of benzene rings is 1. The van der Waals surface area contributed by atoms with Crippen molar-refractivity contribution in [1.82, 2.24) is 9.97 Å². The third-order valence-electron chi connectivity index (χ3n) is 6.20. The van der Waals surface area contributed by atoms with Crippen LogP contribution in [-0.2, 0) is 6.54 Å². The molecule has 8 heteroatoms. The lowest BCUT2D eigenvalue weighted by Gasteiger charge is -2.10. The summed E-state index contributed by atoms with van der Waals surface area (Å²) in [6.45, 7) is 3.19. The van der Waals surface area contributed by atoms with Crippen LogP contribution in [0, 0.1) is 15.9 Å². The van der Waals surface area contributed by atoms with E-state index in [0.717, 1.165) is 18.4 Å². The molecule has 0 saturated carbocycles. The van der Waals surface area contributed by atoms with Gasteiger partial charge >= 0.3 is 5.69 Å². The number of unbranched alkanes of at least 4 members (excludes halogenated alkanes) is 13. The van der Waals surface area contributed by atoms with Crippen molar-refractivity contribution >= 4 is 17.3 Å². The van der Waals surface area contributed by atoms with Crippen LogP contribution >= 0.6 is 0 Å². The molecule has 0 spiro atoms. The molecule has 0 bridgehead atoms. The minimum Gasteiger partial charge on any atom is -0.364 e. The van der Waals surface area contributed by atoms with E-state index in [4.69, 9.17) is 0 Å². The standard InChI is InChI=1S/C27H42FN5O2/c1-2-3-4-5-6-7-8-9-10-11-12-13-14-15-20-29-26-25(33(34)35)27(32-22-31-26)30-21-23-16-18-24(28)19-17-23/h16-19,22H,2-15,20-21H2,1H3,(H2,29,30,31,32). The van der Waals surface area contributed by atoms with Crippen LogP contribution in [0.4, 0.5) is 21.7 Å². The first kappa shape index (κ1) is 28.5. The number of hydrogen-bond donors (Lipinski definition) is 2. The Bertz CT molecular complexity index is 848. The molecule has 0 saturated heterocycles. The molecule has 0 aliphatic heterocycles. The summed E-state index contributed by atoms with van der Waals surface area (Å²) in [5, 5.41) is 17.7. The summed E-state index contributed by atoms with van der Waals surface area (Å²) in [7, 11) is 0. The highest BCUT2D eigenvalue weighted by atomic mass is 19.1. The first-order chi connectivity index (χ1) is 17.1. The van der Waals surface area contributed by atoms with Crippen LogP contribution in [-0.4, -0.2) is 21.4 Å². The molecule has 2 N–H and O–H groups in total. The van der Waals surface area contributed by atoms with Gasteiger partial charge in [-0.05, 0) is 24.1 Å². The zero-order valence-corrected chi connectivity index (χ0v) is 21.2. The first-order valence-corrected chi connectivity index (χ1v) is 13.3. The highest BCUT2D eigenvalue weighted by Crippen LogP contribution is 2.29. The van der Waals surface area contributed by atoms with Crippen molar-refractivity contribution in [2.75, 3.05) is 17.2 Å². The van der Waals surface area contributed by atoms with Gasteiger partial charge in [-0.1, -0.05) is 103 Å². The molecule has 0 aliphatic carbocycles. The molecule has 0 aliphatic rings. The van der Waals surface area contributed by atoms with Gasteiger partial charge in [-0.15, -0.1) is 0 Å². The molecule has 0 atom stereocenters. The average molecular weight is 488 g/mol. The van der Waals surface area contributed by atoms with E-state index in [1.807, 2.05) is 0 Å². The number of nitrogens with one attached hydrogen (secondary N) is 2. The van der Waals surface area contributed by atoms with Crippen LogP contribution in [0.15, 0.2) is 30.6 Å². The van der Waals surface area contributed by atoms with Gasteiger partial charge in [0.2, 0.25) is 11.6 Å². The number of aromatic nitrogens is 2. The molecule has 0 amide bonds. The van der Waals surface area contributed by atoms with E-state index >= 15 is 0 Å². The van der Waals surface area contributed by atoms with Gasteiger partial charge in [0, 0.05) is 13.1 Å². The smallest absolute Gasteiger partial charge is 0.353 e. The molecule has 2 rings (SSSR count). The Hall–Kier alpha value is -2.77. The third-order valence-corrected chi connectivity index (χ3v) is 6.20. The normalized spacial score (nSPS) is 10.9. The lowest BCUT2D eigenvalue weighted by atomic mass is 10.0. The Morgan fingerprint density at radius 1 is 0.771 bits per heavy atom. The Morgan fingerprint density at radius 3 is 1.77 bits per heavy atom. The number of hydrogen-bond acceptors (Lipinski definition) is 6. The summed E-state index contributed by atoms with van der Waals surface area (Å²) in [6, 6.07) is 5.97. The number of halogens is 1. The van der Waals surface area contributed by atoms with Crippen molar-refractivity contribution in [1.29, 1.82) is 0 Å². The van der Waals surface area contributed by atoms with Gasteiger partial charge in [-0.25, -0.2) is 14.4 Å². The summed E-state index contributed by atoms with van der Waals surface area (Å²) in [5.74, 6) is 0.0517. The van der Waals surface area contributed by atoms with Crippen LogP contribution in [0.3, 0.4) is 0 Å². The summed E-state index contributed by atoms with van der Waals surface area (Å²) in [5.41, 5.74) is 0.635. The number of nitro groups is 1. The Morgan fingerprint density at radius 2 is 1.26 bits per heavy atom. The van der Waals surface area contributed by atoms with Crippen molar-refractivity contribution < 1.29 is 9.31 Å². The second-order valence-corrected chi connectivity index (χ2v) is 9.18. The molecule has 2 aromatic rings. The second-order valence-electron chi connectivity index (χ2n) is 9.18. The predicted molar refractivity (Wildman–Crippen MR) is 141 cm³/mol. The highest BCUT2D eigenvalue weighted by Gasteiger charge is 2.22. The maximum absolute atomic E-state index is 13.1. The van der Waals surface area contributed by atoms with E-state index in [2.05, 4.69) is 27.5 Å². The number of rotatable bonds is 20. The second kappa shape index (κ2) is 17.6. The summed E-state index contributed by atoms with van der Waals surface area (Å²) in [6.07, 6.45) is 19.4. The van der Waals surface area contributed by atoms with Gasteiger partial charge in [0.25, 0.3) is 0 Å². The van der Waals surface area contributed by atoms with Crippen molar-refractivity contribution in [3.8, 4) is 0 Å². The van der Waals surface area contributed by atoms with Crippen molar-refractivity contribution in [2.45, 2.75) is 103 Å². The molecule has 0 fully saturated rings. The first-order valence-electron chi connectivity index (χ1n) is 13.3. The molecular weight excluding hydrogens is 445 g/mol. The number of anilines is 2. The summed E-state index contributed by atoms with van der Waals surface area (Å²) >= 11 is 0. The third kappa shape index (κ3) is 12.0. The molecule has 0 unspecified atom stereocenters. The van der Waals surface area contributed by atoms with E-state index in [-0.39, 0.29) is 23.1 Å². The van der Waals surface area contributed by atoms with Gasteiger partial charge in [0.05, 0.1) is 4.92 Å². The minimum absolute atomic E-state index is 0.151. The van der Waals surface area contributed by atoms with E-state index in [1.54, 1.807) is 12.1 Å². The monoisotopic (exact) mass is 487 g/mol. The van der Waals surface area contributed by atoms with Crippen molar-refractivity contribution in [3.05, 3.63) is 52.1 Å². The maximum Gasteiger partial charge on any atom is 0.353 e. The lowest BCUT2D eigenvalue weighted by molar-refractivity contribution is -0.383. The predicted octanol–water partition coefficient (Wildman–Crippen LogP) is 8.03. The topological polar surface area (TPSA) is 93.0 Å². The van der Waals surface area contributed by atoms with E-state index in [9.17, 15) is 14.5 Å². The molecule has 7 nitrogen and oxygen atoms in total. The number of nitrogens with zero attached hydrogens (tertiary/aromatic N) is 3. The van der Waals surface area contributed by atoms with Gasteiger partial charge in [-0.3, -0.25) is 10.1 Å². The molecular formula is C27H42FN5O2. The molecule has 35 heavy (non-hydrogen) atoms. The minimum atomic E-state index is -0.472. The van der Waals surface area contributed by atoms with E-state index in [0.29, 0.717) is 13.1 Å². The molecule has 194 valence electrons. The van der Waals surface area contributed by atoms with Crippen LogP contribution < -0.4 is 10.6 Å². The molecule has 0 radical (unpaired) electrons. The van der Waals surface area contributed by atoms with Gasteiger partial charge < -0.3 is 10.6 Å². The largest absolute Gasteiger partial charge is 0.364 e. The average Bonchev–Trinajstić information content (AvgIpc) is 2.86. The summed E-state index contributed by atoms with van der Waals surface area (Å²) < 4.78 is 13.1. The fourth-order valence-corrected chi connectivity index (χ4v) is 4.12. The zero-order chi connectivity index (χ0) is 25.1. The lowest BCUT2D eigenvalue weighted by Crippen LogP contribution is -2.10. The fraction of sp³-hybridized carbons (Fsp3) is 0.630. The van der Waals surface area contributed by atoms with Crippen molar-refractivity contribution in [2.24, 2.45) is 0 Å². The van der Waals surface area contributed by atoms with Gasteiger partial charge in [0.1, 0.15) is 12.1 Å². The SMILES string of the molecule is CCCCCCCCCCCCCCCCNc1ncnc(NCc2ccc(F)cc2)c1[N+](=O)[O-]. The van der Waals surface area contributed by atoms with Crippen molar-refractivity contribution in [3.63, 3.8) is 0 Å². The molecule has 1 heterocycles. The van der Waals surface area contributed by atoms with Crippen LogP contribution in [0.5, 0.6) is 0 Å². The maximum atomic E-state index is 13.1. The highest BCUT2D eigenvalue weighted by molar-refractivity contribution is 5.69. The van der Waals surface area contributed by atoms with Gasteiger partial charge in [-0.2, -0.15) is 0 Å². The van der Waals surface area contributed by atoms with E-state index < -0.39 is 4.92 Å². The zero-order valence-electron chi connectivity index (χ0n) is 21.2. The van der Waals surface area contributed by atoms with Crippen LogP contribution in [0.1, 0.15) is 102 Å². The van der Waals surface area contributed by atoms with Gasteiger partial charge in [0.15, 0.2) is 0 Å². The Balaban J connectivity index is 1.60.